The first-order chi connectivity index (χ1) is 19.2. The van der Waals surface area contributed by atoms with Crippen LogP contribution in [0.5, 0.6) is 0 Å². The second kappa shape index (κ2) is 14.3. The molecule has 40 heavy (non-hydrogen) atoms. The Kier molecular flexibility index (Phi) is 11.1. The van der Waals surface area contributed by atoms with E-state index in [0.29, 0.717) is 31.6 Å². The molecule has 4 aliphatic rings. The van der Waals surface area contributed by atoms with Crippen LogP contribution in [0.4, 0.5) is 4.39 Å². The summed E-state index contributed by atoms with van der Waals surface area (Å²) in [5.41, 5.74) is 13.8. The first kappa shape index (κ1) is 31.0. The third kappa shape index (κ3) is 7.28. The van der Waals surface area contributed by atoms with Gasteiger partial charge in [-0.05, 0) is 83.0 Å². The Labute approximate surface area is 238 Å². The number of nitrogens with two attached hydrogens (primary N) is 2. The molecule has 0 aromatic rings. The van der Waals surface area contributed by atoms with Crippen molar-refractivity contribution in [2.24, 2.45) is 34.2 Å². The second-order valence-corrected chi connectivity index (χ2v) is 12.0. The fourth-order valence-corrected chi connectivity index (χ4v) is 7.00. The monoisotopic (exact) mass is 563 g/mol. The number of hydrogen-bond donors (Lipinski definition) is 4. The Morgan fingerprint density at radius 3 is 2.58 bits per heavy atom. The summed E-state index contributed by atoms with van der Waals surface area (Å²) in [5.74, 6) is -0.706. The van der Waals surface area contributed by atoms with Crippen LogP contribution < -0.4 is 22.1 Å². The van der Waals surface area contributed by atoms with Crippen LogP contribution in [0.2, 0.25) is 0 Å². The van der Waals surface area contributed by atoms with E-state index >= 15 is 0 Å². The summed E-state index contributed by atoms with van der Waals surface area (Å²) in [6.07, 6.45) is 4.71. The number of nitrogens with one attached hydrogen (secondary N) is 2. The summed E-state index contributed by atoms with van der Waals surface area (Å²) in [7, 11) is 1.71. The molecule has 0 aromatic heterocycles. The Morgan fingerprint density at radius 1 is 1.18 bits per heavy atom. The molecule has 0 radical (unpaired) electrons. The normalized spacial score (nSPS) is 31.8. The SMILES string of the molecule is CCC1CCC(F)C=NC(C(C(=O)NC2CNCCC2N2CCC(C(=O)N3CC[C@H](OC)C3)CC2)C(N)N)=C1C. The van der Waals surface area contributed by atoms with Crippen molar-refractivity contribution < 1.29 is 18.7 Å². The zero-order chi connectivity index (χ0) is 28.8. The molecule has 3 fully saturated rings. The third-order valence-corrected chi connectivity index (χ3v) is 9.55. The molecule has 6 atom stereocenters. The van der Waals surface area contributed by atoms with E-state index in [1.807, 2.05) is 11.8 Å². The molecule has 0 spiro atoms. The maximum Gasteiger partial charge on any atom is 0.232 e. The van der Waals surface area contributed by atoms with Crippen molar-refractivity contribution in [2.45, 2.75) is 89.3 Å². The van der Waals surface area contributed by atoms with E-state index < -0.39 is 18.3 Å². The number of rotatable bonds is 8. The minimum absolute atomic E-state index is 0.0409. The minimum atomic E-state index is -1.15. The fraction of sp³-hybridized carbons (Fsp3) is 0.828. The summed E-state index contributed by atoms with van der Waals surface area (Å²) in [6.45, 7) is 8.64. The van der Waals surface area contributed by atoms with Crippen molar-refractivity contribution >= 4 is 18.0 Å². The molecule has 10 nitrogen and oxygen atoms in total. The molecule has 0 saturated carbocycles. The third-order valence-electron chi connectivity index (χ3n) is 9.55. The quantitative estimate of drug-likeness (QED) is 0.325. The molecular formula is C29H50FN7O3. The predicted octanol–water partition coefficient (Wildman–Crippen LogP) is 1.16. The van der Waals surface area contributed by atoms with E-state index in [1.54, 1.807) is 7.11 Å². The van der Waals surface area contributed by atoms with Gasteiger partial charge in [-0.2, -0.15) is 0 Å². The van der Waals surface area contributed by atoms with Gasteiger partial charge in [0, 0.05) is 44.9 Å². The van der Waals surface area contributed by atoms with Crippen LogP contribution in [-0.4, -0.2) is 105 Å². The molecular weight excluding hydrogens is 513 g/mol. The van der Waals surface area contributed by atoms with Gasteiger partial charge < -0.3 is 31.7 Å². The maximum atomic E-state index is 14.4. The van der Waals surface area contributed by atoms with Crippen LogP contribution in [0.15, 0.2) is 16.3 Å². The van der Waals surface area contributed by atoms with Crippen molar-refractivity contribution in [1.82, 2.24) is 20.4 Å². The number of carbonyl (C=O) groups is 2. The van der Waals surface area contributed by atoms with Crippen molar-refractivity contribution in [3.63, 3.8) is 0 Å². The Bertz CT molecular complexity index is 937. The van der Waals surface area contributed by atoms with Gasteiger partial charge in [0.15, 0.2) is 0 Å². The standard InChI is InChI=1S/C29H50FN7O3/c1-4-19-5-6-21(30)15-34-26(18(19)2)25(27(31)32)28(38)35-23-16-33-11-7-24(23)36-12-8-20(9-13-36)29(39)37-14-10-22(17-37)40-3/h15,19-25,27,33H,4-14,16-17,31-32H2,1-3H3,(H,35,38)/t19?,21?,22-,23?,24?,25?/m0/s1. The van der Waals surface area contributed by atoms with Gasteiger partial charge in [0.05, 0.1) is 24.0 Å². The van der Waals surface area contributed by atoms with Crippen LogP contribution in [0.1, 0.15) is 58.8 Å². The summed E-state index contributed by atoms with van der Waals surface area (Å²) < 4.78 is 19.8. The summed E-state index contributed by atoms with van der Waals surface area (Å²) in [4.78, 5) is 35.7. The van der Waals surface area contributed by atoms with Crippen molar-refractivity contribution in [1.29, 1.82) is 0 Å². The highest BCUT2D eigenvalue weighted by Crippen LogP contribution is 2.32. The smallest absolute Gasteiger partial charge is 0.232 e. The number of halogens is 1. The molecule has 11 heteroatoms. The number of aliphatic imine (C=N–C) groups is 1. The van der Waals surface area contributed by atoms with E-state index in [2.05, 4.69) is 27.4 Å². The largest absolute Gasteiger partial charge is 0.380 e. The fourth-order valence-electron chi connectivity index (χ4n) is 7.00. The number of carbonyl (C=O) groups excluding carboxylic acids is 2. The number of methoxy groups -OCH3 is 1. The lowest BCUT2D eigenvalue weighted by Gasteiger charge is -2.44. The van der Waals surface area contributed by atoms with Crippen LogP contribution in [0, 0.1) is 17.8 Å². The first-order valence-electron chi connectivity index (χ1n) is 15.2. The van der Waals surface area contributed by atoms with E-state index in [4.69, 9.17) is 16.2 Å². The molecule has 2 amide bonds. The van der Waals surface area contributed by atoms with Crippen LogP contribution in [-0.2, 0) is 14.3 Å². The van der Waals surface area contributed by atoms with Crippen LogP contribution in [0.25, 0.3) is 0 Å². The molecule has 0 bridgehead atoms. The molecule has 0 aromatic carbocycles. The molecule has 4 aliphatic heterocycles. The summed E-state index contributed by atoms with van der Waals surface area (Å²) >= 11 is 0. The van der Waals surface area contributed by atoms with E-state index in [-0.39, 0.29) is 41.8 Å². The highest BCUT2D eigenvalue weighted by atomic mass is 19.1. The van der Waals surface area contributed by atoms with Gasteiger partial charge in [-0.25, -0.2) is 4.39 Å². The number of nitrogens with zero attached hydrogens (tertiary/aromatic N) is 3. The Balaban J connectivity index is 1.42. The van der Waals surface area contributed by atoms with Crippen molar-refractivity contribution in [3.8, 4) is 0 Å². The van der Waals surface area contributed by atoms with Crippen molar-refractivity contribution in [2.75, 3.05) is 46.4 Å². The number of alkyl halides is 1. The molecule has 0 aliphatic carbocycles. The molecule has 6 N–H and O–H groups in total. The number of hydrogen-bond acceptors (Lipinski definition) is 8. The highest BCUT2D eigenvalue weighted by molar-refractivity contribution is 5.83. The average molecular weight is 564 g/mol. The number of ether oxygens (including phenoxy) is 1. The highest BCUT2D eigenvalue weighted by Gasteiger charge is 2.39. The molecule has 3 saturated heterocycles. The minimum Gasteiger partial charge on any atom is -0.380 e. The summed E-state index contributed by atoms with van der Waals surface area (Å²) in [6, 6.07) is 0.0141. The van der Waals surface area contributed by atoms with Crippen LogP contribution >= 0.6 is 0 Å². The van der Waals surface area contributed by atoms with E-state index in [9.17, 15) is 14.0 Å². The zero-order valence-electron chi connectivity index (χ0n) is 24.5. The van der Waals surface area contributed by atoms with E-state index in [0.717, 1.165) is 63.9 Å². The van der Waals surface area contributed by atoms with Gasteiger partial charge >= 0.3 is 0 Å². The van der Waals surface area contributed by atoms with E-state index in [1.165, 1.54) is 6.21 Å². The maximum absolute atomic E-state index is 14.4. The molecule has 5 unspecified atom stereocenters. The lowest BCUT2D eigenvalue weighted by atomic mass is 9.85. The summed E-state index contributed by atoms with van der Waals surface area (Å²) in [5, 5.41) is 6.65. The molecule has 226 valence electrons. The predicted molar refractivity (Wildman–Crippen MR) is 154 cm³/mol. The van der Waals surface area contributed by atoms with Gasteiger partial charge in [-0.15, -0.1) is 0 Å². The number of likely N-dealkylation sites (tertiary alicyclic amines) is 2. The molecule has 4 rings (SSSR count). The lowest BCUT2D eigenvalue weighted by Crippen LogP contribution is -2.62. The Morgan fingerprint density at radius 2 is 1.93 bits per heavy atom. The number of allylic oxidation sites excluding steroid dienone is 1. The van der Waals surface area contributed by atoms with Gasteiger partial charge in [-0.1, -0.05) is 6.92 Å². The van der Waals surface area contributed by atoms with Gasteiger partial charge in [0.25, 0.3) is 0 Å². The Hall–Kier alpha value is -1.92. The van der Waals surface area contributed by atoms with Gasteiger partial charge in [-0.3, -0.25) is 19.5 Å². The lowest BCUT2D eigenvalue weighted by molar-refractivity contribution is -0.136. The zero-order valence-corrected chi connectivity index (χ0v) is 24.5. The second-order valence-electron chi connectivity index (χ2n) is 12.0. The van der Waals surface area contributed by atoms with Gasteiger partial charge in [0.1, 0.15) is 12.1 Å². The van der Waals surface area contributed by atoms with Gasteiger partial charge in [0.2, 0.25) is 11.8 Å². The number of piperidine rings is 2. The topological polar surface area (TPSA) is 138 Å². The average Bonchev–Trinajstić information content (AvgIpc) is 3.44. The van der Waals surface area contributed by atoms with Crippen LogP contribution in [0.3, 0.4) is 0 Å². The molecule has 4 heterocycles. The van der Waals surface area contributed by atoms with Crippen molar-refractivity contribution in [3.05, 3.63) is 11.3 Å². The number of amides is 2. The first-order valence-corrected chi connectivity index (χ1v) is 15.2.